The maximum Gasteiger partial charge on any atom is 0.220 e. The summed E-state index contributed by atoms with van der Waals surface area (Å²) in [5, 5.41) is 13.0. The van der Waals surface area contributed by atoms with Gasteiger partial charge in [0.1, 0.15) is 5.69 Å². The van der Waals surface area contributed by atoms with E-state index in [0.29, 0.717) is 12.1 Å². The Labute approximate surface area is 139 Å². The van der Waals surface area contributed by atoms with Gasteiger partial charge in [-0.25, -0.2) is 0 Å². The fourth-order valence-corrected chi connectivity index (χ4v) is 3.63. The molecule has 1 N–H and O–H groups in total. The molecule has 0 saturated carbocycles. The molecule has 0 unspecified atom stereocenters. The lowest BCUT2D eigenvalue weighted by Gasteiger charge is -2.17. The van der Waals surface area contributed by atoms with Crippen molar-refractivity contribution in [1.82, 2.24) is 10.1 Å². The minimum absolute atomic E-state index is 0.0927. The summed E-state index contributed by atoms with van der Waals surface area (Å²) in [5.74, 6) is 0.911. The van der Waals surface area contributed by atoms with Gasteiger partial charge < -0.3 is 14.5 Å². The molecule has 0 bridgehead atoms. The predicted molar refractivity (Wildman–Crippen MR) is 89.8 cm³/mol. The third-order valence-corrected chi connectivity index (χ3v) is 5.09. The van der Waals surface area contributed by atoms with Crippen molar-refractivity contribution in [3.63, 3.8) is 0 Å². The van der Waals surface area contributed by atoms with Gasteiger partial charge in [0.05, 0.1) is 12.4 Å². The first-order chi connectivity index (χ1) is 11.2. The predicted octanol–water partition coefficient (Wildman–Crippen LogP) is 3.14. The van der Waals surface area contributed by atoms with Crippen molar-refractivity contribution in [2.45, 2.75) is 13.3 Å². The van der Waals surface area contributed by atoms with Crippen molar-refractivity contribution in [3.05, 3.63) is 52.8 Å². The van der Waals surface area contributed by atoms with Crippen LogP contribution in [0.5, 0.6) is 0 Å². The Kier molecular flexibility index (Phi) is 4.83. The molecular formula is C17H18N2O3S. The molecule has 1 aromatic heterocycles. The van der Waals surface area contributed by atoms with E-state index in [4.69, 9.17) is 9.63 Å². The van der Waals surface area contributed by atoms with Crippen LogP contribution in [0.3, 0.4) is 0 Å². The second kappa shape index (κ2) is 7.02. The summed E-state index contributed by atoms with van der Waals surface area (Å²) in [7, 11) is 0. The number of ketones is 1. The van der Waals surface area contributed by atoms with Gasteiger partial charge in [0, 0.05) is 35.3 Å². The fraction of sp³-hybridized carbons (Fsp3) is 0.294. The molecule has 1 aliphatic rings. The van der Waals surface area contributed by atoms with E-state index in [1.54, 1.807) is 17.8 Å². The molecule has 2 heterocycles. The SMILES string of the molecule is CC1=C(CCO)SCN1CC(=O)c1cc(-c2ccccc2)no1. The maximum absolute atomic E-state index is 12.4. The zero-order valence-corrected chi connectivity index (χ0v) is 13.7. The highest BCUT2D eigenvalue weighted by molar-refractivity contribution is 8.03. The normalized spacial score (nSPS) is 14.6. The van der Waals surface area contributed by atoms with Crippen molar-refractivity contribution in [3.8, 4) is 11.3 Å². The number of hydrogen-bond donors (Lipinski definition) is 1. The molecule has 5 nitrogen and oxygen atoms in total. The molecule has 3 rings (SSSR count). The number of allylic oxidation sites excluding steroid dienone is 1. The van der Waals surface area contributed by atoms with Crippen LogP contribution in [-0.4, -0.2) is 40.0 Å². The monoisotopic (exact) mass is 330 g/mol. The van der Waals surface area contributed by atoms with E-state index in [9.17, 15) is 4.79 Å². The zero-order valence-electron chi connectivity index (χ0n) is 12.9. The Morgan fingerprint density at radius 3 is 2.91 bits per heavy atom. The van der Waals surface area contributed by atoms with Crippen molar-refractivity contribution in [2.75, 3.05) is 19.0 Å². The molecule has 0 amide bonds. The first-order valence-electron chi connectivity index (χ1n) is 7.42. The number of hydrogen-bond acceptors (Lipinski definition) is 6. The number of carbonyl (C=O) groups excluding carboxylic acids is 1. The van der Waals surface area contributed by atoms with E-state index >= 15 is 0 Å². The van der Waals surface area contributed by atoms with Crippen LogP contribution >= 0.6 is 11.8 Å². The van der Waals surface area contributed by atoms with Crippen LogP contribution in [-0.2, 0) is 0 Å². The second-order valence-corrected chi connectivity index (χ2v) is 6.36. The Morgan fingerprint density at radius 1 is 1.39 bits per heavy atom. The molecule has 1 aliphatic heterocycles. The largest absolute Gasteiger partial charge is 0.396 e. The van der Waals surface area contributed by atoms with Gasteiger partial charge in [0.2, 0.25) is 11.5 Å². The van der Waals surface area contributed by atoms with E-state index in [1.165, 1.54) is 0 Å². The number of aromatic nitrogens is 1. The molecule has 1 aromatic carbocycles. The summed E-state index contributed by atoms with van der Waals surface area (Å²) < 4.78 is 5.21. The number of carbonyl (C=O) groups is 1. The Bertz CT molecular complexity index is 724. The Morgan fingerprint density at radius 2 is 2.17 bits per heavy atom. The van der Waals surface area contributed by atoms with Crippen LogP contribution < -0.4 is 0 Å². The highest BCUT2D eigenvalue weighted by Crippen LogP contribution is 2.33. The molecule has 120 valence electrons. The van der Waals surface area contributed by atoms with E-state index in [0.717, 1.165) is 22.0 Å². The molecule has 0 fully saturated rings. The molecule has 0 atom stereocenters. The van der Waals surface area contributed by atoms with Crippen molar-refractivity contribution < 1.29 is 14.4 Å². The molecule has 0 aliphatic carbocycles. The molecule has 0 spiro atoms. The zero-order chi connectivity index (χ0) is 16.2. The van der Waals surface area contributed by atoms with Crippen LogP contribution in [0.15, 0.2) is 51.5 Å². The van der Waals surface area contributed by atoms with E-state index in [2.05, 4.69) is 5.16 Å². The fourth-order valence-electron chi connectivity index (χ4n) is 2.46. The first-order valence-corrected chi connectivity index (χ1v) is 8.41. The smallest absolute Gasteiger partial charge is 0.220 e. The van der Waals surface area contributed by atoms with Gasteiger partial charge in [-0.15, -0.1) is 11.8 Å². The van der Waals surface area contributed by atoms with Crippen LogP contribution in [0.2, 0.25) is 0 Å². The second-order valence-electron chi connectivity index (χ2n) is 5.32. The summed E-state index contributed by atoms with van der Waals surface area (Å²) in [6, 6.07) is 11.3. The van der Waals surface area contributed by atoms with Gasteiger partial charge in [-0.3, -0.25) is 4.79 Å². The van der Waals surface area contributed by atoms with Crippen LogP contribution in [0.25, 0.3) is 11.3 Å². The number of nitrogens with zero attached hydrogens (tertiary/aromatic N) is 2. The third kappa shape index (κ3) is 3.48. The number of benzene rings is 1. The van der Waals surface area contributed by atoms with Gasteiger partial charge in [0.25, 0.3) is 0 Å². The number of aliphatic hydroxyl groups excluding tert-OH is 1. The highest BCUT2D eigenvalue weighted by Gasteiger charge is 2.23. The lowest BCUT2D eigenvalue weighted by molar-refractivity contribution is 0.0922. The van der Waals surface area contributed by atoms with Crippen molar-refractivity contribution >= 4 is 17.5 Å². The Balaban J connectivity index is 1.69. The van der Waals surface area contributed by atoms with E-state index in [1.807, 2.05) is 42.2 Å². The van der Waals surface area contributed by atoms with Gasteiger partial charge in [-0.2, -0.15) is 0 Å². The minimum atomic E-state index is -0.0927. The van der Waals surface area contributed by atoms with Crippen LogP contribution in [0.1, 0.15) is 23.9 Å². The van der Waals surface area contributed by atoms with Gasteiger partial charge in [-0.1, -0.05) is 35.5 Å². The van der Waals surface area contributed by atoms with Gasteiger partial charge in [0.15, 0.2) is 0 Å². The van der Waals surface area contributed by atoms with Crippen LogP contribution in [0.4, 0.5) is 0 Å². The minimum Gasteiger partial charge on any atom is -0.396 e. The van der Waals surface area contributed by atoms with E-state index in [-0.39, 0.29) is 24.7 Å². The first kappa shape index (κ1) is 15.8. The molecule has 23 heavy (non-hydrogen) atoms. The molecule has 0 radical (unpaired) electrons. The number of thioether (sulfide) groups is 1. The molecule has 6 heteroatoms. The lowest BCUT2D eigenvalue weighted by atomic mass is 10.1. The standard InChI is InChI=1S/C17H18N2O3S/c1-12-17(7-8-20)23-11-19(12)10-15(21)16-9-14(18-22-16)13-5-3-2-4-6-13/h2-6,9,20H,7-8,10-11H2,1H3. The number of Topliss-reactive ketones (excluding diaryl/α,β-unsaturated/α-hetero) is 1. The summed E-state index contributed by atoms with van der Waals surface area (Å²) in [5.41, 5.74) is 2.64. The van der Waals surface area contributed by atoms with Crippen LogP contribution in [0, 0.1) is 0 Å². The topological polar surface area (TPSA) is 66.6 Å². The molecule has 2 aromatic rings. The maximum atomic E-state index is 12.4. The van der Waals surface area contributed by atoms with Gasteiger partial charge in [-0.05, 0) is 6.92 Å². The number of aliphatic hydroxyl groups is 1. The summed E-state index contributed by atoms with van der Waals surface area (Å²) in [4.78, 5) is 15.5. The Hall–Kier alpha value is -2.05. The summed E-state index contributed by atoms with van der Waals surface area (Å²) >= 11 is 1.67. The summed E-state index contributed by atoms with van der Waals surface area (Å²) in [6.07, 6.45) is 0.641. The third-order valence-electron chi connectivity index (χ3n) is 3.80. The quantitative estimate of drug-likeness (QED) is 0.821. The number of rotatable bonds is 6. The van der Waals surface area contributed by atoms with Crippen molar-refractivity contribution in [1.29, 1.82) is 0 Å². The molecule has 0 saturated heterocycles. The van der Waals surface area contributed by atoms with E-state index < -0.39 is 0 Å². The lowest BCUT2D eigenvalue weighted by Crippen LogP contribution is -2.25. The summed E-state index contributed by atoms with van der Waals surface area (Å²) in [6.45, 7) is 2.37. The molecular weight excluding hydrogens is 312 g/mol. The highest BCUT2D eigenvalue weighted by atomic mass is 32.2. The average molecular weight is 330 g/mol. The van der Waals surface area contributed by atoms with Gasteiger partial charge >= 0.3 is 0 Å². The average Bonchev–Trinajstić information content (AvgIpc) is 3.19. The van der Waals surface area contributed by atoms with Crippen molar-refractivity contribution in [2.24, 2.45) is 0 Å².